The lowest BCUT2D eigenvalue weighted by Gasteiger charge is -2.16. The van der Waals surface area contributed by atoms with Crippen LogP contribution in [0.4, 0.5) is 0 Å². The number of hydrogen-bond donors (Lipinski definition) is 1. The molecular weight excluding hydrogens is 96.0 g/mol. The minimum Gasteiger partial charge on any atom is -0.150 e. The molecule has 0 rings (SSSR count). The summed E-state index contributed by atoms with van der Waals surface area (Å²) in [6.07, 6.45) is 0. The van der Waals surface area contributed by atoms with Crippen molar-refractivity contribution in [3.63, 3.8) is 0 Å². The zero-order valence-electron chi connectivity index (χ0n) is 4.84. The van der Waals surface area contributed by atoms with Gasteiger partial charge in [0.15, 0.2) is 7.05 Å². The topological polar surface area (TPSA) is 44.5 Å². The van der Waals surface area contributed by atoms with Crippen LogP contribution in [0.3, 0.4) is 0 Å². The molecule has 7 heavy (non-hydrogen) atoms. The number of nitrogens with zero attached hydrogens (tertiary/aromatic N) is 1. The van der Waals surface area contributed by atoms with Crippen LogP contribution in [0, 0.1) is 0 Å². The molecule has 2 N–H and O–H groups in total. The van der Waals surface area contributed by atoms with Gasteiger partial charge in [0, 0.05) is 4.92 Å². The van der Waals surface area contributed by atoms with E-state index in [1.165, 1.54) is 14.2 Å². The monoisotopic (exact) mass is 107 g/mol. The molecular formula is C3H11N2O2+. The summed E-state index contributed by atoms with van der Waals surface area (Å²) in [4.78, 5) is 8.80. The molecule has 0 heterocycles. The van der Waals surface area contributed by atoms with E-state index in [2.05, 4.69) is 9.68 Å². The Hall–Kier alpha value is -0.160. The first-order valence-corrected chi connectivity index (χ1v) is 1.89. The lowest BCUT2D eigenvalue weighted by Crippen LogP contribution is -2.48. The van der Waals surface area contributed by atoms with Crippen molar-refractivity contribution in [2.75, 3.05) is 21.3 Å². The number of rotatable bonds is 2. The summed E-state index contributed by atoms with van der Waals surface area (Å²) in [5.41, 5.74) is 0. The van der Waals surface area contributed by atoms with Crippen LogP contribution in [0.25, 0.3) is 0 Å². The third-order valence-electron chi connectivity index (χ3n) is 0.725. The van der Waals surface area contributed by atoms with Crippen molar-refractivity contribution >= 4 is 0 Å². The lowest BCUT2D eigenvalue weighted by molar-refractivity contribution is -1.24. The van der Waals surface area contributed by atoms with Gasteiger partial charge in [-0.05, 0) is 0 Å². The van der Waals surface area contributed by atoms with E-state index in [1.807, 2.05) is 0 Å². The molecule has 0 bridgehead atoms. The van der Waals surface area contributed by atoms with Gasteiger partial charge in [-0.2, -0.15) is 9.68 Å². The maximum Gasteiger partial charge on any atom is 0.152 e. The standard InChI is InChI=1S/C3H11N2O2/c1-5(4,6-2)7-3/h4H2,1-3H3/q+1. The molecule has 0 aliphatic rings. The van der Waals surface area contributed by atoms with Crippen molar-refractivity contribution in [1.29, 1.82) is 0 Å². The molecule has 0 saturated carbocycles. The van der Waals surface area contributed by atoms with Crippen molar-refractivity contribution in [3.05, 3.63) is 0 Å². The predicted molar refractivity (Wildman–Crippen MR) is 24.4 cm³/mol. The molecule has 0 aromatic heterocycles. The summed E-state index contributed by atoms with van der Waals surface area (Å²) in [6, 6.07) is 0. The van der Waals surface area contributed by atoms with Crippen LogP contribution >= 0.6 is 0 Å². The Balaban J connectivity index is 3.36. The van der Waals surface area contributed by atoms with Gasteiger partial charge in [-0.1, -0.05) is 0 Å². The van der Waals surface area contributed by atoms with E-state index in [1.54, 1.807) is 7.05 Å². The molecule has 4 heteroatoms. The second kappa shape index (κ2) is 2.23. The number of hydroxylamine groups is 2. The highest BCUT2D eigenvalue weighted by molar-refractivity contribution is 3.62. The quantitative estimate of drug-likeness (QED) is 0.292. The van der Waals surface area contributed by atoms with E-state index in [0.29, 0.717) is 0 Å². The fourth-order valence-corrected chi connectivity index (χ4v) is 0.0745. The highest BCUT2D eigenvalue weighted by Gasteiger charge is 2.12. The number of nitrogens with two attached hydrogens (primary N) is 1. The fourth-order valence-electron chi connectivity index (χ4n) is 0.0745. The Kier molecular flexibility index (Phi) is 2.17. The number of hydrogen-bond acceptors (Lipinski definition) is 3. The van der Waals surface area contributed by atoms with E-state index in [-0.39, 0.29) is 4.92 Å². The van der Waals surface area contributed by atoms with Gasteiger partial charge >= 0.3 is 0 Å². The van der Waals surface area contributed by atoms with E-state index in [9.17, 15) is 0 Å². The second-order valence-corrected chi connectivity index (χ2v) is 1.27. The summed E-state index contributed by atoms with van der Waals surface area (Å²) in [5, 5.41) is 0. The Morgan fingerprint density at radius 3 is 1.57 bits per heavy atom. The Labute approximate surface area is 42.9 Å². The summed E-state index contributed by atoms with van der Waals surface area (Å²) in [7, 11) is 4.49. The molecule has 44 valence electrons. The highest BCUT2D eigenvalue weighted by atomic mass is 17.0. The van der Waals surface area contributed by atoms with Crippen molar-refractivity contribution in [2.45, 2.75) is 0 Å². The molecule has 0 radical (unpaired) electrons. The first-order chi connectivity index (χ1) is 3.12. The SMILES string of the molecule is CO[N+](C)(N)OC. The fraction of sp³-hybridized carbons (Fsp3) is 1.00. The van der Waals surface area contributed by atoms with Crippen LogP contribution < -0.4 is 5.84 Å². The summed E-state index contributed by atoms with van der Waals surface area (Å²) in [6.45, 7) is 0. The lowest BCUT2D eigenvalue weighted by atomic mass is 11.4. The largest absolute Gasteiger partial charge is 0.152 e. The number of quaternary nitrogens is 1. The Bertz CT molecular complexity index is 48.9. The van der Waals surface area contributed by atoms with E-state index in [4.69, 9.17) is 5.84 Å². The van der Waals surface area contributed by atoms with Crippen LogP contribution in [0.1, 0.15) is 0 Å². The summed E-state index contributed by atoms with van der Waals surface area (Å²) in [5.74, 6) is 5.21. The molecule has 0 atom stereocenters. The summed E-state index contributed by atoms with van der Waals surface area (Å²) >= 11 is 0. The van der Waals surface area contributed by atoms with E-state index in [0.717, 1.165) is 0 Å². The maximum absolute atomic E-state index is 5.21. The third-order valence-corrected chi connectivity index (χ3v) is 0.725. The van der Waals surface area contributed by atoms with Gasteiger partial charge in [-0.25, -0.2) is 0 Å². The molecule has 0 unspecified atom stereocenters. The van der Waals surface area contributed by atoms with Crippen molar-refractivity contribution < 1.29 is 14.6 Å². The van der Waals surface area contributed by atoms with E-state index < -0.39 is 0 Å². The zero-order chi connectivity index (χ0) is 5.91. The van der Waals surface area contributed by atoms with Crippen molar-refractivity contribution in [1.82, 2.24) is 0 Å². The molecule has 0 amide bonds. The van der Waals surface area contributed by atoms with Crippen LogP contribution in [0.2, 0.25) is 0 Å². The molecule has 0 aromatic carbocycles. The molecule has 0 saturated heterocycles. The highest BCUT2D eigenvalue weighted by Crippen LogP contribution is 1.87. The predicted octanol–water partition coefficient (Wildman–Crippen LogP) is -0.570. The van der Waals surface area contributed by atoms with Gasteiger partial charge in [-0.3, -0.25) is 0 Å². The average molecular weight is 107 g/mol. The van der Waals surface area contributed by atoms with Crippen LogP contribution in [-0.4, -0.2) is 26.2 Å². The first kappa shape index (κ1) is 6.84. The third kappa shape index (κ3) is 2.52. The minimum atomic E-state index is -0.361. The van der Waals surface area contributed by atoms with Gasteiger partial charge < -0.3 is 0 Å². The van der Waals surface area contributed by atoms with Crippen molar-refractivity contribution in [3.8, 4) is 0 Å². The smallest absolute Gasteiger partial charge is 0.150 e. The second-order valence-electron chi connectivity index (χ2n) is 1.27. The van der Waals surface area contributed by atoms with Crippen LogP contribution in [0.15, 0.2) is 0 Å². The minimum absolute atomic E-state index is 0.361. The zero-order valence-corrected chi connectivity index (χ0v) is 4.84. The molecule has 0 fully saturated rings. The molecule has 0 aliphatic heterocycles. The van der Waals surface area contributed by atoms with Gasteiger partial charge in [0.2, 0.25) is 0 Å². The molecule has 0 aromatic rings. The molecule has 0 spiro atoms. The van der Waals surface area contributed by atoms with E-state index >= 15 is 0 Å². The molecule has 4 nitrogen and oxygen atoms in total. The maximum atomic E-state index is 5.21. The van der Waals surface area contributed by atoms with Gasteiger partial charge in [-0.15, -0.1) is 5.84 Å². The average Bonchev–Trinajstić information content (AvgIpc) is 1.68. The van der Waals surface area contributed by atoms with Crippen LogP contribution in [-0.2, 0) is 9.68 Å². The van der Waals surface area contributed by atoms with Gasteiger partial charge in [0.05, 0.1) is 0 Å². The first-order valence-electron chi connectivity index (χ1n) is 1.89. The van der Waals surface area contributed by atoms with Gasteiger partial charge in [0.25, 0.3) is 0 Å². The van der Waals surface area contributed by atoms with Crippen LogP contribution in [0.5, 0.6) is 0 Å². The molecule has 0 aliphatic carbocycles. The summed E-state index contributed by atoms with van der Waals surface area (Å²) < 4.78 is 0. The van der Waals surface area contributed by atoms with Gasteiger partial charge in [0.1, 0.15) is 14.2 Å². The Morgan fingerprint density at radius 1 is 1.29 bits per heavy atom. The van der Waals surface area contributed by atoms with Crippen molar-refractivity contribution in [2.24, 2.45) is 5.84 Å². The Morgan fingerprint density at radius 2 is 1.57 bits per heavy atom. The normalized spacial score (nSPS) is 12.0.